The van der Waals surface area contributed by atoms with E-state index in [2.05, 4.69) is 53.3 Å². The van der Waals surface area contributed by atoms with Gasteiger partial charge >= 0.3 is 0 Å². The molecule has 3 rings (SSSR count). The van der Waals surface area contributed by atoms with Gasteiger partial charge in [-0.1, -0.05) is 78.2 Å². The normalized spacial score (nSPS) is 36.0. The lowest BCUT2D eigenvalue weighted by molar-refractivity contribution is 0.127. The molecule has 4 atom stereocenters. The first-order valence-electron chi connectivity index (χ1n) is 12.8. The second-order valence-electron chi connectivity index (χ2n) is 12.1. The van der Waals surface area contributed by atoms with Gasteiger partial charge in [0.2, 0.25) is 0 Å². The molecule has 0 aromatic heterocycles. The van der Waals surface area contributed by atoms with Crippen LogP contribution in [0.15, 0.2) is 35.5 Å². The van der Waals surface area contributed by atoms with E-state index in [1.165, 1.54) is 94.6 Å². The van der Waals surface area contributed by atoms with E-state index in [0.29, 0.717) is 16.7 Å². The first-order chi connectivity index (χ1) is 13.7. The molecule has 0 aliphatic heterocycles. The number of hydrogen-bond acceptors (Lipinski definition) is 0. The lowest BCUT2D eigenvalue weighted by atomic mass is 9.62. The van der Waals surface area contributed by atoms with E-state index in [9.17, 15) is 0 Å². The summed E-state index contributed by atoms with van der Waals surface area (Å²) in [6.07, 6.45) is 23.2. The van der Waals surface area contributed by atoms with E-state index in [4.69, 9.17) is 0 Å². The van der Waals surface area contributed by atoms with Gasteiger partial charge in [0.15, 0.2) is 0 Å². The molecule has 0 saturated heterocycles. The van der Waals surface area contributed by atoms with Gasteiger partial charge in [-0.05, 0) is 104 Å². The zero-order chi connectivity index (χ0) is 21.1. The van der Waals surface area contributed by atoms with Gasteiger partial charge in [0.05, 0.1) is 0 Å². The molecular formula is C29H48. The molecule has 0 N–H and O–H groups in total. The molecule has 29 heavy (non-hydrogen) atoms. The number of unbranched alkanes of at least 4 members (excludes halogenated alkanes) is 2. The van der Waals surface area contributed by atoms with Crippen molar-refractivity contribution in [2.45, 2.75) is 118 Å². The minimum absolute atomic E-state index is 0.503. The maximum absolute atomic E-state index is 4.40. The highest BCUT2D eigenvalue weighted by Crippen LogP contribution is 2.58. The summed E-state index contributed by atoms with van der Waals surface area (Å²) in [6, 6.07) is 0. The van der Waals surface area contributed by atoms with Crippen molar-refractivity contribution < 1.29 is 0 Å². The summed E-state index contributed by atoms with van der Waals surface area (Å²) in [7, 11) is 0. The fourth-order valence-electron chi connectivity index (χ4n) is 6.69. The average molecular weight is 397 g/mol. The molecule has 3 saturated carbocycles. The molecule has 0 aromatic carbocycles. The molecule has 0 aromatic rings. The van der Waals surface area contributed by atoms with Gasteiger partial charge in [-0.2, -0.15) is 0 Å². The van der Waals surface area contributed by atoms with Crippen LogP contribution in [0.4, 0.5) is 0 Å². The summed E-state index contributed by atoms with van der Waals surface area (Å²) in [5, 5.41) is 0. The third-order valence-corrected chi connectivity index (χ3v) is 8.73. The maximum Gasteiger partial charge on any atom is -0.0143 e. The highest BCUT2D eigenvalue weighted by molar-refractivity contribution is 5.36. The Morgan fingerprint density at radius 1 is 1.00 bits per heavy atom. The molecule has 164 valence electrons. The average Bonchev–Trinajstić information content (AvgIpc) is 2.98. The summed E-state index contributed by atoms with van der Waals surface area (Å²) >= 11 is 0. The molecule has 0 spiro atoms. The zero-order valence-electron chi connectivity index (χ0n) is 20.3. The van der Waals surface area contributed by atoms with Gasteiger partial charge in [0.25, 0.3) is 0 Å². The van der Waals surface area contributed by atoms with Crippen molar-refractivity contribution in [3.05, 3.63) is 35.5 Å². The van der Waals surface area contributed by atoms with Crippen LogP contribution in [0.3, 0.4) is 0 Å². The van der Waals surface area contributed by atoms with E-state index in [1.807, 2.05) is 0 Å². The van der Waals surface area contributed by atoms with Crippen molar-refractivity contribution >= 4 is 0 Å². The molecule has 0 heterocycles. The van der Waals surface area contributed by atoms with Crippen molar-refractivity contribution in [3.63, 3.8) is 0 Å². The topological polar surface area (TPSA) is 0 Å². The predicted molar refractivity (Wildman–Crippen MR) is 129 cm³/mol. The fraction of sp³-hybridized carbons (Fsp3) is 0.793. The third kappa shape index (κ3) is 5.68. The van der Waals surface area contributed by atoms with Gasteiger partial charge in [0, 0.05) is 0 Å². The minimum Gasteiger partial charge on any atom is -0.0953 e. The van der Waals surface area contributed by atoms with Crippen LogP contribution in [0, 0.1) is 28.6 Å². The van der Waals surface area contributed by atoms with Crippen molar-refractivity contribution in [2.75, 3.05) is 0 Å². The third-order valence-electron chi connectivity index (χ3n) is 8.73. The number of rotatable bonds is 6. The lowest BCUT2D eigenvalue weighted by Gasteiger charge is -2.42. The Kier molecular flexibility index (Phi) is 7.56. The van der Waals surface area contributed by atoms with Crippen LogP contribution in [0.25, 0.3) is 0 Å². The van der Waals surface area contributed by atoms with Gasteiger partial charge in [-0.15, -0.1) is 0 Å². The van der Waals surface area contributed by atoms with Crippen LogP contribution >= 0.6 is 0 Å². The Hall–Kier alpha value is -0.780. The second kappa shape index (κ2) is 9.57. The van der Waals surface area contributed by atoms with Crippen LogP contribution in [-0.4, -0.2) is 0 Å². The molecule has 0 radical (unpaired) electrons. The quantitative estimate of drug-likeness (QED) is 0.392. The SMILES string of the molecule is C=C1/C(=C\C=C2/CCCC3(C)C(CCCCCC(C)(C)C)CCC23)CCCC1C. The smallest absolute Gasteiger partial charge is 0.0143 e. The summed E-state index contributed by atoms with van der Waals surface area (Å²) in [6.45, 7) is 16.5. The fourth-order valence-corrected chi connectivity index (χ4v) is 6.69. The molecule has 4 unspecified atom stereocenters. The summed E-state index contributed by atoms with van der Waals surface area (Å²) in [5.41, 5.74) is 5.79. The van der Waals surface area contributed by atoms with Crippen LogP contribution in [-0.2, 0) is 0 Å². The van der Waals surface area contributed by atoms with E-state index >= 15 is 0 Å². The Balaban J connectivity index is 1.59. The monoisotopic (exact) mass is 396 g/mol. The molecule has 3 aliphatic rings. The maximum atomic E-state index is 4.40. The Bertz CT molecular complexity index is 625. The summed E-state index contributed by atoms with van der Waals surface area (Å²) in [4.78, 5) is 0. The summed E-state index contributed by atoms with van der Waals surface area (Å²) in [5.74, 6) is 2.49. The summed E-state index contributed by atoms with van der Waals surface area (Å²) < 4.78 is 0. The van der Waals surface area contributed by atoms with Crippen LogP contribution in [0.5, 0.6) is 0 Å². The Labute approximate surface area is 182 Å². The Morgan fingerprint density at radius 2 is 1.79 bits per heavy atom. The minimum atomic E-state index is 0.503. The van der Waals surface area contributed by atoms with Gasteiger partial charge in [-0.3, -0.25) is 0 Å². The van der Waals surface area contributed by atoms with Gasteiger partial charge in [0.1, 0.15) is 0 Å². The highest BCUT2D eigenvalue weighted by atomic mass is 14.5. The van der Waals surface area contributed by atoms with Crippen molar-refractivity contribution in [3.8, 4) is 0 Å². The lowest BCUT2D eigenvalue weighted by Crippen LogP contribution is -2.33. The van der Waals surface area contributed by atoms with Gasteiger partial charge < -0.3 is 0 Å². The number of fused-ring (bicyclic) bond motifs is 1. The zero-order valence-corrected chi connectivity index (χ0v) is 20.3. The first-order valence-corrected chi connectivity index (χ1v) is 12.8. The molecule has 3 fully saturated rings. The molecule has 3 aliphatic carbocycles. The van der Waals surface area contributed by atoms with Crippen molar-refractivity contribution in [2.24, 2.45) is 28.6 Å². The van der Waals surface area contributed by atoms with Crippen LogP contribution < -0.4 is 0 Å². The molecular weight excluding hydrogens is 348 g/mol. The molecule has 0 nitrogen and oxygen atoms in total. The number of allylic oxidation sites excluding steroid dienone is 5. The van der Waals surface area contributed by atoms with E-state index in [-0.39, 0.29) is 0 Å². The van der Waals surface area contributed by atoms with Crippen molar-refractivity contribution in [1.29, 1.82) is 0 Å². The van der Waals surface area contributed by atoms with E-state index < -0.39 is 0 Å². The van der Waals surface area contributed by atoms with E-state index in [1.54, 1.807) is 5.57 Å². The van der Waals surface area contributed by atoms with E-state index in [0.717, 1.165) is 11.8 Å². The Morgan fingerprint density at radius 3 is 2.55 bits per heavy atom. The standard InChI is InChI=1S/C29H48/c1-22-12-10-13-24(23(22)2)16-17-25-14-11-21-29(6)26(18-19-27(25)29)15-8-7-9-20-28(3,4)5/h16-17,22,26-27H,2,7-15,18-21H2,1,3-6H3/b24-16-,25-17+. The second-order valence-corrected chi connectivity index (χ2v) is 12.1. The van der Waals surface area contributed by atoms with Gasteiger partial charge in [-0.25, -0.2) is 0 Å². The number of hydrogen-bond donors (Lipinski definition) is 0. The van der Waals surface area contributed by atoms with Crippen LogP contribution in [0.1, 0.15) is 118 Å². The highest BCUT2D eigenvalue weighted by Gasteiger charge is 2.48. The largest absolute Gasteiger partial charge is 0.0953 e. The molecule has 0 bridgehead atoms. The molecule has 0 heteroatoms. The molecule has 0 amide bonds. The van der Waals surface area contributed by atoms with Crippen molar-refractivity contribution in [1.82, 2.24) is 0 Å². The van der Waals surface area contributed by atoms with Crippen LogP contribution in [0.2, 0.25) is 0 Å². The first kappa shape index (κ1) is 22.9. The predicted octanol–water partition coefficient (Wildman–Crippen LogP) is 9.43.